The molecule has 0 N–H and O–H groups in total. The number of nitrogens with zero attached hydrogens (tertiary/aromatic N) is 2. The summed E-state index contributed by atoms with van der Waals surface area (Å²) in [6.45, 7) is 6.74. The van der Waals surface area contributed by atoms with E-state index >= 15 is 0 Å². The van der Waals surface area contributed by atoms with Gasteiger partial charge in [-0.1, -0.05) is 43.7 Å². The highest BCUT2D eigenvalue weighted by Crippen LogP contribution is 2.39. The number of esters is 1. The van der Waals surface area contributed by atoms with Crippen LogP contribution >= 0.6 is 0 Å². The zero-order chi connectivity index (χ0) is 16.9. The lowest BCUT2D eigenvalue weighted by Crippen LogP contribution is -2.60. The Morgan fingerprint density at radius 1 is 1.35 bits per heavy atom. The third kappa shape index (κ3) is 4.12. The van der Waals surface area contributed by atoms with Crippen LogP contribution in [0.3, 0.4) is 0 Å². The molecule has 128 valence electrons. The van der Waals surface area contributed by atoms with E-state index in [1.165, 1.54) is 19.8 Å². The molecule has 0 spiro atoms. The Balaban J connectivity index is 2.33. The fourth-order valence-electron chi connectivity index (χ4n) is 3.63. The van der Waals surface area contributed by atoms with Gasteiger partial charge in [-0.25, -0.2) is 0 Å². The molecule has 1 heterocycles. The maximum atomic E-state index is 11.9. The van der Waals surface area contributed by atoms with Crippen molar-refractivity contribution in [2.75, 3.05) is 33.7 Å². The average molecular weight is 318 g/mol. The lowest BCUT2D eigenvalue weighted by Gasteiger charge is -2.49. The summed E-state index contributed by atoms with van der Waals surface area (Å²) >= 11 is 0. The molecule has 1 aliphatic heterocycles. The van der Waals surface area contributed by atoms with Crippen LogP contribution < -0.4 is 0 Å². The van der Waals surface area contributed by atoms with Crippen LogP contribution in [0.15, 0.2) is 30.3 Å². The van der Waals surface area contributed by atoms with Crippen LogP contribution in [0.2, 0.25) is 0 Å². The Hall–Kier alpha value is -1.39. The number of piperidine rings is 1. The second-order valence-electron chi connectivity index (χ2n) is 6.73. The Bertz CT molecular complexity index is 503. The van der Waals surface area contributed by atoms with Crippen molar-refractivity contribution in [3.63, 3.8) is 0 Å². The van der Waals surface area contributed by atoms with Crippen molar-refractivity contribution in [2.45, 2.75) is 44.8 Å². The SMILES string of the molecule is CCCCN1CCC(OC(C)=O)(c2ccccc2)C(N(C)C)C1. The first kappa shape index (κ1) is 18.0. The molecule has 2 atom stereocenters. The molecule has 1 aromatic carbocycles. The molecule has 23 heavy (non-hydrogen) atoms. The van der Waals surface area contributed by atoms with Crippen LogP contribution in [0.1, 0.15) is 38.7 Å². The van der Waals surface area contributed by atoms with Gasteiger partial charge >= 0.3 is 5.97 Å². The number of carbonyl (C=O) groups is 1. The molecule has 1 saturated heterocycles. The van der Waals surface area contributed by atoms with Gasteiger partial charge in [0.25, 0.3) is 0 Å². The monoisotopic (exact) mass is 318 g/mol. The van der Waals surface area contributed by atoms with Gasteiger partial charge in [0.15, 0.2) is 5.60 Å². The predicted octanol–water partition coefficient (Wildman–Crippen LogP) is 2.88. The summed E-state index contributed by atoms with van der Waals surface area (Å²) in [5, 5.41) is 0. The molecule has 0 amide bonds. The highest BCUT2D eigenvalue weighted by atomic mass is 16.6. The molecule has 1 fully saturated rings. The summed E-state index contributed by atoms with van der Waals surface area (Å²) in [7, 11) is 4.16. The van der Waals surface area contributed by atoms with E-state index in [1.54, 1.807) is 0 Å². The maximum absolute atomic E-state index is 11.9. The molecule has 4 nitrogen and oxygen atoms in total. The number of carbonyl (C=O) groups excluding carboxylic acids is 1. The van der Waals surface area contributed by atoms with Crippen LogP contribution in [-0.4, -0.2) is 55.5 Å². The maximum Gasteiger partial charge on any atom is 0.303 e. The lowest BCUT2D eigenvalue weighted by molar-refractivity contribution is -0.175. The number of hydrogen-bond acceptors (Lipinski definition) is 4. The molecule has 0 saturated carbocycles. The first-order valence-electron chi connectivity index (χ1n) is 8.63. The van der Waals surface area contributed by atoms with Crippen LogP contribution in [0.4, 0.5) is 0 Å². The van der Waals surface area contributed by atoms with Crippen molar-refractivity contribution >= 4 is 5.97 Å². The number of likely N-dealkylation sites (tertiary alicyclic amines) is 1. The highest BCUT2D eigenvalue weighted by molar-refractivity contribution is 5.67. The third-order valence-corrected chi connectivity index (χ3v) is 4.81. The standard InChI is InChI=1S/C19H30N2O2/c1-5-6-13-21-14-12-19(23-16(2)22,18(15-21)20(3)4)17-10-8-7-9-11-17/h7-11,18H,5-6,12-15H2,1-4H3. The van der Waals surface area contributed by atoms with E-state index in [0.717, 1.165) is 31.6 Å². The van der Waals surface area contributed by atoms with Crippen molar-refractivity contribution in [3.05, 3.63) is 35.9 Å². The Morgan fingerprint density at radius 3 is 2.61 bits per heavy atom. The second-order valence-corrected chi connectivity index (χ2v) is 6.73. The normalized spacial score (nSPS) is 25.5. The summed E-state index contributed by atoms with van der Waals surface area (Å²) < 4.78 is 5.98. The van der Waals surface area contributed by atoms with E-state index < -0.39 is 5.60 Å². The number of rotatable bonds is 6. The Morgan fingerprint density at radius 2 is 2.04 bits per heavy atom. The van der Waals surface area contributed by atoms with Crippen LogP contribution in [0.5, 0.6) is 0 Å². The summed E-state index contributed by atoms with van der Waals surface area (Å²) in [4.78, 5) is 16.6. The van der Waals surface area contributed by atoms with Gasteiger partial charge in [0.1, 0.15) is 0 Å². The molecule has 1 aromatic rings. The van der Waals surface area contributed by atoms with E-state index in [0.29, 0.717) is 0 Å². The molecule has 0 radical (unpaired) electrons. The zero-order valence-corrected chi connectivity index (χ0v) is 14.9. The first-order valence-corrected chi connectivity index (χ1v) is 8.63. The van der Waals surface area contributed by atoms with Gasteiger partial charge < -0.3 is 14.5 Å². The van der Waals surface area contributed by atoms with Crippen LogP contribution in [0, 0.1) is 0 Å². The first-order chi connectivity index (χ1) is 11.0. The predicted molar refractivity (Wildman–Crippen MR) is 93.3 cm³/mol. The van der Waals surface area contributed by atoms with Crippen LogP contribution in [0.25, 0.3) is 0 Å². The van der Waals surface area contributed by atoms with E-state index in [2.05, 4.69) is 43.0 Å². The number of ether oxygens (including phenoxy) is 1. The van der Waals surface area contributed by atoms with Crippen molar-refractivity contribution in [1.82, 2.24) is 9.80 Å². The van der Waals surface area contributed by atoms with Gasteiger partial charge in [-0.2, -0.15) is 0 Å². The third-order valence-electron chi connectivity index (χ3n) is 4.81. The highest BCUT2D eigenvalue weighted by Gasteiger charge is 2.48. The number of benzene rings is 1. The minimum atomic E-state index is -0.556. The zero-order valence-electron chi connectivity index (χ0n) is 14.9. The number of hydrogen-bond donors (Lipinski definition) is 0. The van der Waals surface area contributed by atoms with Crippen molar-refractivity contribution in [2.24, 2.45) is 0 Å². The number of unbranched alkanes of at least 4 members (excludes halogenated alkanes) is 1. The summed E-state index contributed by atoms with van der Waals surface area (Å²) in [6.07, 6.45) is 3.26. The Kier molecular flexibility index (Phi) is 6.19. The summed E-state index contributed by atoms with van der Waals surface area (Å²) in [6, 6.07) is 10.4. The van der Waals surface area contributed by atoms with E-state index in [1.807, 2.05) is 18.2 Å². The van der Waals surface area contributed by atoms with Gasteiger partial charge in [-0.15, -0.1) is 0 Å². The number of likely N-dealkylation sites (N-methyl/N-ethyl adjacent to an activating group) is 1. The summed E-state index contributed by atoms with van der Waals surface area (Å²) in [5.74, 6) is -0.206. The fraction of sp³-hybridized carbons (Fsp3) is 0.632. The molecule has 2 unspecified atom stereocenters. The summed E-state index contributed by atoms with van der Waals surface area (Å²) in [5.41, 5.74) is 0.545. The van der Waals surface area contributed by atoms with Gasteiger partial charge in [-0.05, 0) is 32.6 Å². The van der Waals surface area contributed by atoms with Gasteiger partial charge in [0, 0.05) is 26.4 Å². The van der Waals surface area contributed by atoms with Crippen LogP contribution in [-0.2, 0) is 15.1 Å². The molecular formula is C19H30N2O2. The fourth-order valence-corrected chi connectivity index (χ4v) is 3.63. The largest absolute Gasteiger partial charge is 0.453 e. The topological polar surface area (TPSA) is 32.8 Å². The van der Waals surface area contributed by atoms with Crippen molar-refractivity contribution in [3.8, 4) is 0 Å². The molecule has 0 bridgehead atoms. The van der Waals surface area contributed by atoms with E-state index in [-0.39, 0.29) is 12.0 Å². The van der Waals surface area contributed by atoms with E-state index in [4.69, 9.17) is 4.74 Å². The quantitative estimate of drug-likeness (QED) is 0.755. The second kappa shape index (κ2) is 7.93. The molecule has 4 heteroatoms. The minimum absolute atomic E-state index is 0.152. The lowest BCUT2D eigenvalue weighted by atomic mass is 9.79. The molecule has 1 aliphatic rings. The van der Waals surface area contributed by atoms with Gasteiger partial charge in [-0.3, -0.25) is 4.79 Å². The van der Waals surface area contributed by atoms with Gasteiger partial charge in [0.05, 0.1) is 6.04 Å². The molecule has 0 aromatic heterocycles. The van der Waals surface area contributed by atoms with Gasteiger partial charge in [0.2, 0.25) is 0 Å². The molecular weight excluding hydrogens is 288 g/mol. The molecule has 2 rings (SSSR count). The Labute approximate surface area is 140 Å². The average Bonchev–Trinajstić information content (AvgIpc) is 2.54. The molecule has 0 aliphatic carbocycles. The minimum Gasteiger partial charge on any atom is -0.453 e. The van der Waals surface area contributed by atoms with Crippen molar-refractivity contribution in [1.29, 1.82) is 0 Å². The van der Waals surface area contributed by atoms with Crippen molar-refractivity contribution < 1.29 is 9.53 Å². The van der Waals surface area contributed by atoms with E-state index in [9.17, 15) is 4.79 Å². The smallest absolute Gasteiger partial charge is 0.303 e.